The average Bonchev–Trinajstić information content (AvgIpc) is 2.29. The topological polar surface area (TPSA) is 35.3 Å². The van der Waals surface area contributed by atoms with E-state index in [9.17, 15) is 0 Å². The van der Waals surface area contributed by atoms with Crippen LogP contribution in [0.2, 0.25) is 0 Å². The smallest absolute Gasteiger partial charge is 0.262 e. The Morgan fingerprint density at radius 2 is 1.53 bits per heavy atom. The summed E-state index contributed by atoms with van der Waals surface area (Å²) >= 11 is 0. The van der Waals surface area contributed by atoms with Crippen LogP contribution in [0.1, 0.15) is 5.56 Å². The van der Waals surface area contributed by atoms with Gasteiger partial charge < -0.3 is 5.11 Å². The van der Waals surface area contributed by atoms with Crippen LogP contribution in [0.4, 0.5) is 5.69 Å². The van der Waals surface area contributed by atoms with Crippen LogP contribution < -0.4 is 0 Å². The number of hydrogen-bond donors (Lipinski definition) is 0. The van der Waals surface area contributed by atoms with Crippen LogP contribution in [0.15, 0.2) is 59.6 Å². The van der Waals surface area contributed by atoms with Gasteiger partial charge in [-0.25, -0.2) is 0 Å². The predicted octanol–water partition coefficient (Wildman–Crippen LogP) is 2.88. The zero-order valence-corrected chi connectivity index (χ0v) is 8.22. The van der Waals surface area contributed by atoms with Crippen LogP contribution >= 0.6 is 0 Å². The van der Waals surface area contributed by atoms with E-state index in [4.69, 9.17) is 5.11 Å². The SMILES string of the molecule is [OH2+]c1ccccc1C=Nc1ccccc1. The summed E-state index contributed by atoms with van der Waals surface area (Å²) in [6.45, 7) is 0. The molecule has 0 heterocycles. The predicted molar refractivity (Wildman–Crippen MR) is 63.2 cm³/mol. The highest BCUT2D eigenvalue weighted by Gasteiger charge is 1.98. The first-order chi connectivity index (χ1) is 7.36. The van der Waals surface area contributed by atoms with Crippen LogP contribution in [-0.4, -0.2) is 11.3 Å². The molecule has 74 valence electrons. The summed E-state index contributed by atoms with van der Waals surface area (Å²) in [5.41, 5.74) is 1.74. The second-order valence-electron chi connectivity index (χ2n) is 3.18. The summed E-state index contributed by atoms with van der Waals surface area (Å²) < 4.78 is 0. The van der Waals surface area contributed by atoms with E-state index in [1.807, 2.05) is 48.5 Å². The summed E-state index contributed by atoms with van der Waals surface area (Å²) in [6.07, 6.45) is 1.72. The highest BCUT2D eigenvalue weighted by atomic mass is 16.3. The highest BCUT2D eigenvalue weighted by Crippen LogP contribution is 2.15. The molecule has 2 nitrogen and oxygen atoms in total. The molecule has 0 aliphatic heterocycles. The molecule has 0 bridgehead atoms. The molecule has 2 N–H and O–H groups in total. The molecule has 0 radical (unpaired) electrons. The summed E-state index contributed by atoms with van der Waals surface area (Å²) in [7, 11) is 0. The van der Waals surface area contributed by atoms with Gasteiger partial charge in [0, 0.05) is 12.3 Å². The fourth-order valence-corrected chi connectivity index (χ4v) is 1.27. The molecule has 0 saturated heterocycles. The number of nitrogens with zero attached hydrogens (tertiary/aromatic N) is 1. The Morgan fingerprint density at radius 3 is 2.27 bits per heavy atom. The summed E-state index contributed by atoms with van der Waals surface area (Å²) in [5, 5.41) is 7.65. The highest BCUT2D eigenvalue weighted by molar-refractivity contribution is 5.85. The normalized spacial score (nSPS) is 10.7. The molecule has 2 heteroatoms. The molecule has 0 saturated carbocycles. The van der Waals surface area contributed by atoms with E-state index in [2.05, 4.69) is 4.99 Å². The second-order valence-corrected chi connectivity index (χ2v) is 3.18. The number of para-hydroxylation sites is 2. The molecular formula is C13H12NO+. The lowest BCUT2D eigenvalue weighted by Gasteiger charge is -1.94. The van der Waals surface area contributed by atoms with Crippen LogP contribution in [0, 0.1) is 0 Å². The van der Waals surface area contributed by atoms with Gasteiger partial charge in [0.05, 0.1) is 11.3 Å². The first kappa shape index (κ1) is 9.46. The lowest BCUT2D eigenvalue weighted by atomic mass is 10.2. The van der Waals surface area contributed by atoms with Gasteiger partial charge in [-0.05, 0) is 18.2 Å². The van der Waals surface area contributed by atoms with Crippen LogP contribution in [0.25, 0.3) is 0 Å². The van der Waals surface area contributed by atoms with Crippen molar-refractivity contribution < 1.29 is 5.11 Å². The van der Waals surface area contributed by atoms with Gasteiger partial charge in [-0.1, -0.05) is 30.3 Å². The van der Waals surface area contributed by atoms with E-state index in [0.717, 1.165) is 11.3 Å². The minimum atomic E-state index is 0.497. The molecule has 0 fully saturated rings. The summed E-state index contributed by atoms with van der Waals surface area (Å²) in [6, 6.07) is 17.1. The molecule has 0 atom stereocenters. The molecule has 2 aromatic rings. The minimum Gasteiger partial charge on any atom is -0.593 e. The molecule has 0 amide bonds. The van der Waals surface area contributed by atoms with E-state index in [0.29, 0.717) is 5.75 Å². The Labute approximate surface area is 88.5 Å². The van der Waals surface area contributed by atoms with E-state index >= 15 is 0 Å². The van der Waals surface area contributed by atoms with Gasteiger partial charge in [0.2, 0.25) is 0 Å². The summed E-state index contributed by atoms with van der Waals surface area (Å²) in [5.74, 6) is 0.497. The number of hydrogen-bond acceptors (Lipinski definition) is 1. The van der Waals surface area contributed by atoms with Crippen molar-refractivity contribution in [2.45, 2.75) is 0 Å². The van der Waals surface area contributed by atoms with Gasteiger partial charge in [-0.2, -0.15) is 0 Å². The fraction of sp³-hybridized carbons (Fsp3) is 0. The Bertz CT molecular complexity index is 463. The van der Waals surface area contributed by atoms with Crippen molar-refractivity contribution in [3.05, 3.63) is 60.2 Å². The maximum Gasteiger partial charge on any atom is 0.262 e. The van der Waals surface area contributed by atoms with Gasteiger partial charge in [-0.3, -0.25) is 4.99 Å². The van der Waals surface area contributed by atoms with E-state index in [1.165, 1.54) is 0 Å². The monoisotopic (exact) mass is 198 g/mol. The van der Waals surface area contributed by atoms with Crippen molar-refractivity contribution in [2.75, 3.05) is 0 Å². The Morgan fingerprint density at radius 1 is 0.867 bits per heavy atom. The number of benzene rings is 2. The number of rotatable bonds is 2. The first-order valence-corrected chi connectivity index (χ1v) is 4.76. The maximum atomic E-state index is 7.65. The van der Waals surface area contributed by atoms with Crippen LogP contribution in [0.5, 0.6) is 5.75 Å². The molecule has 0 aliphatic carbocycles. The van der Waals surface area contributed by atoms with Crippen molar-refractivity contribution >= 4 is 11.9 Å². The van der Waals surface area contributed by atoms with Crippen molar-refractivity contribution in [2.24, 2.45) is 4.99 Å². The van der Waals surface area contributed by atoms with Crippen molar-refractivity contribution in [1.82, 2.24) is 0 Å². The van der Waals surface area contributed by atoms with Crippen molar-refractivity contribution in [3.8, 4) is 5.75 Å². The molecule has 2 rings (SSSR count). The van der Waals surface area contributed by atoms with Gasteiger partial charge >= 0.3 is 0 Å². The maximum absolute atomic E-state index is 7.65. The Balaban J connectivity index is 2.23. The second kappa shape index (κ2) is 4.42. The van der Waals surface area contributed by atoms with Crippen molar-refractivity contribution in [1.29, 1.82) is 0 Å². The van der Waals surface area contributed by atoms with Gasteiger partial charge in [0.25, 0.3) is 5.75 Å². The number of aliphatic imine (C=N–C) groups is 1. The third-order valence-electron chi connectivity index (χ3n) is 2.07. The largest absolute Gasteiger partial charge is 0.593 e. The standard InChI is InChI=1S/C13H11NO/c15-13-9-5-4-6-11(13)10-14-12-7-2-1-3-8-12/h1-10,15H/p+1. The Kier molecular flexibility index (Phi) is 2.79. The molecule has 0 aliphatic rings. The van der Waals surface area contributed by atoms with E-state index in [-0.39, 0.29) is 0 Å². The van der Waals surface area contributed by atoms with E-state index < -0.39 is 0 Å². The molecule has 0 spiro atoms. The van der Waals surface area contributed by atoms with Gasteiger partial charge in [0.1, 0.15) is 0 Å². The van der Waals surface area contributed by atoms with E-state index in [1.54, 1.807) is 12.3 Å². The fourth-order valence-electron chi connectivity index (χ4n) is 1.27. The minimum absolute atomic E-state index is 0.497. The molecule has 15 heavy (non-hydrogen) atoms. The molecule has 2 aromatic carbocycles. The van der Waals surface area contributed by atoms with Gasteiger partial charge in [-0.15, -0.1) is 0 Å². The third-order valence-corrected chi connectivity index (χ3v) is 2.07. The first-order valence-electron chi connectivity index (χ1n) is 4.76. The average molecular weight is 198 g/mol. The van der Waals surface area contributed by atoms with Crippen LogP contribution in [0.3, 0.4) is 0 Å². The lowest BCUT2D eigenvalue weighted by Crippen LogP contribution is -1.80. The molecule has 0 unspecified atom stereocenters. The van der Waals surface area contributed by atoms with Crippen molar-refractivity contribution in [3.63, 3.8) is 0 Å². The zero-order valence-electron chi connectivity index (χ0n) is 8.22. The summed E-state index contributed by atoms with van der Waals surface area (Å²) in [4.78, 5) is 4.29. The van der Waals surface area contributed by atoms with Gasteiger partial charge in [0.15, 0.2) is 0 Å². The lowest BCUT2D eigenvalue weighted by molar-refractivity contribution is 0.474. The Hall–Kier alpha value is -2.09. The zero-order chi connectivity index (χ0) is 10.5. The quantitative estimate of drug-likeness (QED) is 0.525. The third kappa shape index (κ3) is 2.44. The molecule has 0 aromatic heterocycles. The van der Waals surface area contributed by atoms with Crippen LogP contribution in [-0.2, 0) is 0 Å². The molecular weight excluding hydrogens is 186 g/mol.